The number of rotatable bonds is 12. The quantitative estimate of drug-likeness (QED) is 0.292. The Bertz CT molecular complexity index is 294. The van der Waals surface area contributed by atoms with Crippen molar-refractivity contribution in [3.05, 3.63) is 12.2 Å². The van der Waals surface area contributed by atoms with Crippen molar-refractivity contribution >= 4 is 0 Å². The van der Waals surface area contributed by atoms with E-state index in [0.717, 1.165) is 24.4 Å². The van der Waals surface area contributed by atoms with Crippen LogP contribution in [-0.4, -0.2) is 24.5 Å². The highest BCUT2D eigenvalue weighted by atomic mass is 15.1. The highest BCUT2D eigenvalue weighted by molar-refractivity contribution is 4.85. The molecule has 0 rings (SSSR count). The van der Waals surface area contributed by atoms with Crippen LogP contribution < -0.4 is 0 Å². The molecule has 0 aromatic heterocycles. The van der Waals surface area contributed by atoms with Crippen molar-refractivity contribution < 1.29 is 0 Å². The van der Waals surface area contributed by atoms with Gasteiger partial charge in [-0.05, 0) is 69.9 Å². The van der Waals surface area contributed by atoms with Gasteiger partial charge in [0, 0.05) is 6.04 Å². The largest absolute Gasteiger partial charge is 0.304 e. The number of allylic oxidation sites excluding steroid dienone is 2. The first-order valence-corrected chi connectivity index (χ1v) is 9.62. The van der Waals surface area contributed by atoms with Gasteiger partial charge in [-0.15, -0.1) is 0 Å². The third-order valence-electron chi connectivity index (χ3n) is 5.84. The second-order valence-corrected chi connectivity index (χ2v) is 7.96. The Morgan fingerprint density at radius 2 is 1.73 bits per heavy atom. The third kappa shape index (κ3) is 7.81. The molecule has 3 unspecified atom stereocenters. The minimum Gasteiger partial charge on any atom is -0.304 e. The van der Waals surface area contributed by atoms with Crippen molar-refractivity contribution in [2.75, 3.05) is 13.6 Å². The second-order valence-electron chi connectivity index (χ2n) is 7.96. The van der Waals surface area contributed by atoms with Crippen LogP contribution in [0.1, 0.15) is 87.0 Å². The zero-order chi connectivity index (χ0) is 17.2. The van der Waals surface area contributed by atoms with Crippen LogP contribution >= 0.6 is 0 Å². The topological polar surface area (TPSA) is 3.24 Å². The van der Waals surface area contributed by atoms with Gasteiger partial charge in [-0.3, -0.25) is 0 Å². The molecule has 0 amide bonds. The number of nitrogens with zero attached hydrogens (tertiary/aromatic N) is 1. The molecular weight excluding hydrogens is 266 g/mol. The summed E-state index contributed by atoms with van der Waals surface area (Å²) in [5.41, 5.74) is 0.491. The van der Waals surface area contributed by atoms with Crippen molar-refractivity contribution in [1.29, 1.82) is 0 Å². The molecule has 132 valence electrons. The van der Waals surface area contributed by atoms with Gasteiger partial charge in [0.1, 0.15) is 0 Å². The van der Waals surface area contributed by atoms with E-state index in [0.29, 0.717) is 5.41 Å². The molecule has 0 aromatic carbocycles. The van der Waals surface area contributed by atoms with Crippen molar-refractivity contribution in [3.8, 4) is 0 Å². The Morgan fingerprint density at radius 1 is 1.09 bits per heavy atom. The van der Waals surface area contributed by atoms with Gasteiger partial charge in [0.05, 0.1) is 0 Å². The lowest BCUT2D eigenvalue weighted by atomic mass is 9.69. The Morgan fingerprint density at radius 3 is 2.18 bits per heavy atom. The first-order chi connectivity index (χ1) is 10.3. The molecule has 0 aromatic rings. The normalized spacial score (nSPS) is 18.1. The lowest BCUT2D eigenvalue weighted by molar-refractivity contribution is 0.110. The third-order valence-corrected chi connectivity index (χ3v) is 5.84. The molecule has 0 saturated heterocycles. The fourth-order valence-electron chi connectivity index (χ4n) is 3.51. The van der Waals surface area contributed by atoms with Crippen LogP contribution in [0.4, 0.5) is 0 Å². The summed E-state index contributed by atoms with van der Waals surface area (Å²) in [6.45, 7) is 17.7. The lowest BCUT2D eigenvalue weighted by Gasteiger charge is -2.39. The van der Waals surface area contributed by atoms with Crippen LogP contribution in [0.25, 0.3) is 0 Å². The number of unbranched alkanes of at least 4 members (excludes halogenated alkanes) is 1. The molecule has 0 bridgehead atoms. The predicted octanol–water partition coefficient (Wildman–Crippen LogP) is 6.54. The van der Waals surface area contributed by atoms with Crippen LogP contribution in [0.3, 0.4) is 0 Å². The molecule has 0 aliphatic carbocycles. The van der Waals surface area contributed by atoms with Crippen molar-refractivity contribution in [1.82, 2.24) is 4.90 Å². The molecule has 0 N–H and O–H groups in total. The molecule has 3 atom stereocenters. The summed E-state index contributed by atoms with van der Waals surface area (Å²) < 4.78 is 0. The molecular formula is C21H43N. The van der Waals surface area contributed by atoms with E-state index in [1.165, 1.54) is 38.5 Å². The Labute approximate surface area is 141 Å². The second kappa shape index (κ2) is 11.3. The summed E-state index contributed by atoms with van der Waals surface area (Å²) in [5, 5.41) is 0. The van der Waals surface area contributed by atoms with E-state index in [9.17, 15) is 0 Å². The monoisotopic (exact) mass is 309 g/mol. The SMILES string of the molecule is CC=CCCCC(C)(CC)C(C)CC(CC(C)C)N(C)CC. The molecule has 0 aliphatic rings. The minimum absolute atomic E-state index is 0.491. The molecule has 0 saturated carbocycles. The first-order valence-electron chi connectivity index (χ1n) is 9.62. The lowest BCUT2D eigenvalue weighted by Crippen LogP contribution is -2.37. The van der Waals surface area contributed by atoms with Gasteiger partial charge < -0.3 is 4.90 Å². The van der Waals surface area contributed by atoms with E-state index in [-0.39, 0.29) is 0 Å². The standard InChI is InChI=1S/C21H43N/c1-9-12-13-14-15-21(7,10-2)19(6)17-20(16-18(4)5)22(8)11-3/h9,12,18-20H,10-11,13-17H2,1-8H3. The van der Waals surface area contributed by atoms with E-state index >= 15 is 0 Å². The van der Waals surface area contributed by atoms with E-state index in [1.807, 2.05) is 0 Å². The van der Waals surface area contributed by atoms with E-state index in [4.69, 9.17) is 0 Å². The van der Waals surface area contributed by atoms with Crippen LogP contribution in [0.5, 0.6) is 0 Å². The maximum Gasteiger partial charge on any atom is 0.00972 e. The summed E-state index contributed by atoms with van der Waals surface area (Å²) in [7, 11) is 2.30. The molecule has 0 heterocycles. The van der Waals surface area contributed by atoms with Gasteiger partial charge in [0.25, 0.3) is 0 Å². The zero-order valence-electron chi connectivity index (χ0n) is 16.8. The zero-order valence-corrected chi connectivity index (χ0v) is 16.8. The summed E-state index contributed by atoms with van der Waals surface area (Å²) in [4.78, 5) is 2.56. The van der Waals surface area contributed by atoms with Crippen LogP contribution in [0, 0.1) is 17.3 Å². The van der Waals surface area contributed by atoms with Crippen molar-refractivity contribution in [2.45, 2.75) is 93.0 Å². The van der Waals surface area contributed by atoms with Crippen molar-refractivity contribution in [2.24, 2.45) is 17.3 Å². The maximum atomic E-state index is 2.56. The van der Waals surface area contributed by atoms with Gasteiger partial charge in [0.2, 0.25) is 0 Å². The highest BCUT2D eigenvalue weighted by Crippen LogP contribution is 2.40. The van der Waals surface area contributed by atoms with Crippen molar-refractivity contribution in [3.63, 3.8) is 0 Å². The summed E-state index contributed by atoms with van der Waals surface area (Å²) in [6, 6.07) is 0.737. The van der Waals surface area contributed by atoms with Crippen LogP contribution in [0.15, 0.2) is 12.2 Å². The predicted molar refractivity (Wildman–Crippen MR) is 102 cm³/mol. The Hall–Kier alpha value is -0.300. The average molecular weight is 310 g/mol. The molecule has 0 fully saturated rings. The molecule has 0 spiro atoms. The fourth-order valence-corrected chi connectivity index (χ4v) is 3.51. The summed E-state index contributed by atoms with van der Waals surface area (Å²) in [5.74, 6) is 1.58. The van der Waals surface area contributed by atoms with E-state index in [1.54, 1.807) is 0 Å². The van der Waals surface area contributed by atoms with Gasteiger partial charge >= 0.3 is 0 Å². The van der Waals surface area contributed by atoms with E-state index in [2.05, 4.69) is 72.6 Å². The molecule has 0 radical (unpaired) electrons. The summed E-state index contributed by atoms with van der Waals surface area (Å²) in [6.07, 6.45) is 12.4. The van der Waals surface area contributed by atoms with Crippen LogP contribution in [0.2, 0.25) is 0 Å². The fraction of sp³-hybridized carbons (Fsp3) is 0.905. The van der Waals surface area contributed by atoms with Crippen LogP contribution in [-0.2, 0) is 0 Å². The number of hydrogen-bond acceptors (Lipinski definition) is 1. The smallest absolute Gasteiger partial charge is 0.00972 e. The molecule has 0 aliphatic heterocycles. The van der Waals surface area contributed by atoms with Gasteiger partial charge in [0.15, 0.2) is 0 Å². The Balaban J connectivity index is 4.72. The maximum absolute atomic E-state index is 2.56. The van der Waals surface area contributed by atoms with Gasteiger partial charge in [-0.2, -0.15) is 0 Å². The first kappa shape index (κ1) is 21.7. The molecule has 1 nitrogen and oxygen atoms in total. The average Bonchev–Trinajstić information content (AvgIpc) is 2.49. The number of hydrogen-bond donors (Lipinski definition) is 0. The molecule has 22 heavy (non-hydrogen) atoms. The summed E-state index contributed by atoms with van der Waals surface area (Å²) >= 11 is 0. The van der Waals surface area contributed by atoms with Gasteiger partial charge in [-0.1, -0.05) is 60.1 Å². The molecule has 1 heteroatoms. The highest BCUT2D eigenvalue weighted by Gasteiger charge is 2.31. The van der Waals surface area contributed by atoms with Gasteiger partial charge in [-0.25, -0.2) is 0 Å². The van der Waals surface area contributed by atoms with E-state index < -0.39 is 0 Å². The Kier molecular flexibility index (Phi) is 11.1. The minimum atomic E-state index is 0.491.